The number of amides is 3. The molecule has 7 nitrogen and oxygen atoms in total. The molecule has 0 unspecified atom stereocenters. The molecule has 3 N–H and O–H groups in total. The Morgan fingerprint density at radius 3 is 2.52 bits per heavy atom. The molecule has 0 atom stereocenters. The highest BCUT2D eigenvalue weighted by atomic mass is 19.1. The average Bonchev–Trinajstić information content (AvgIpc) is 2.40. The summed E-state index contributed by atoms with van der Waals surface area (Å²) in [7, 11) is 3.17. The number of nitrogens with zero attached hydrogens (tertiary/aromatic N) is 1. The summed E-state index contributed by atoms with van der Waals surface area (Å²) in [5.41, 5.74) is -0.768. The van der Waals surface area contributed by atoms with Crippen LogP contribution in [-0.2, 0) is 4.79 Å². The first kappa shape index (κ1) is 16.4. The van der Waals surface area contributed by atoms with E-state index in [9.17, 15) is 18.8 Å². The highest BCUT2D eigenvalue weighted by Crippen LogP contribution is 2.19. The van der Waals surface area contributed by atoms with Crippen molar-refractivity contribution in [3.8, 4) is 0 Å². The van der Waals surface area contributed by atoms with Crippen LogP contribution in [0.3, 0.4) is 0 Å². The Hall–Kier alpha value is -2.64. The quantitative estimate of drug-likeness (QED) is 0.758. The molecule has 0 saturated carbocycles. The molecule has 21 heavy (non-hydrogen) atoms. The van der Waals surface area contributed by atoms with Gasteiger partial charge in [-0.1, -0.05) is 6.07 Å². The first-order valence-electron chi connectivity index (χ1n) is 6.09. The van der Waals surface area contributed by atoms with Gasteiger partial charge in [0, 0.05) is 27.1 Å². The third-order valence-electron chi connectivity index (χ3n) is 2.61. The Kier molecular flexibility index (Phi) is 5.65. The molecule has 114 valence electrons. The van der Waals surface area contributed by atoms with Crippen LogP contribution in [0.25, 0.3) is 0 Å². The summed E-state index contributed by atoms with van der Waals surface area (Å²) in [5.74, 6) is -2.38. The van der Waals surface area contributed by atoms with Crippen molar-refractivity contribution >= 4 is 23.6 Å². The molecule has 0 radical (unpaired) electrons. The number of benzene rings is 1. The van der Waals surface area contributed by atoms with Crippen LogP contribution >= 0.6 is 0 Å². The van der Waals surface area contributed by atoms with Gasteiger partial charge >= 0.3 is 12.0 Å². The topological polar surface area (TPSA) is 98.7 Å². The second-order valence-electron chi connectivity index (χ2n) is 4.39. The standard InChI is InChI=1S/C13H16FN3O4/c1-17(2)10(18)6-7-15-13(21)16-11-8(12(19)20)4-3-5-9(11)14/h3-5H,6-7H2,1-2H3,(H,19,20)(H2,15,16,21). The lowest BCUT2D eigenvalue weighted by atomic mass is 10.1. The van der Waals surface area contributed by atoms with E-state index in [-0.39, 0.29) is 24.4 Å². The summed E-state index contributed by atoms with van der Waals surface area (Å²) >= 11 is 0. The Bertz CT molecular complexity index is 560. The van der Waals surface area contributed by atoms with Gasteiger partial charge in [0.2, 0.25) is 5.91 Å². The van der Waals surface area contributed by atoms with Crippen molar-refractivity contribution in [1.29, 1.82) is 0 Å². The highest BCUT2D eigenvalue weighted by molar-refractivity contribution is 6.00. The second kappa shape index (κ2) is 7.22. The summed E-state index contributed by atoms with van der Waals surface area (Å²) in [6, 6.07) is 2.67. The number of carboxylic acids is 1. The SMILES string of the molecule is CN(C)C(=O)CCNC(=O)Nc1c(F)cccc1C(=O)O. The van der Waals surface area contributed by atoms with Crippen LogP contribution in [0, 0.1) is 5.82 Å². The van der Waals surface area contributed by atoms with Crippen LogP contribution in [0.15, 0.2) is 18.2 Å². The molecule has 0 aliphatic heterocycles. The van der Waals surface area contributed by atoms with E-state index in [0.29, 0.717) is 0 Å². The number of nitrogens with one attached hydrogen (secondary N) is 2. The van der Waals surface area contributed by atoms with Crippen LogP contribution in [-0.4, -0.2) is 48.6 Å². The summed E-state index contributed by atoms with van der Waals surface area (Å²) in [5, 5.41) is 13.4. The zero-order chi connectivity index (χ0) is 16.0. The predicted molar refractivity (Wildman–Crippen MR) is 73.7 cm³/mol. The van der Waals surface area contributed by atoms with Gasteiger partial charge in [-0.15, -0.1) is 0 Å². The molecule has 1 rings (SSSR count). The van der Waals surface area contributed by atoms with Crippen LogP contribution in [0.4, 0.5) is 14.9 Å². The average molecular weight is 297 g/mol. The lowest BCUT2D eigenvalue weighted by Crippen LogP contribution is -2.33. The van der Waals surface area contributed by atoms with Crippen molar-refractivity contribution < 1.29 is 23.9 Å². The largest absolute Gasteiger partial charge is 0.478 e. The molecule has 0 bridgehead atoms. The Balaban J connectivity index is 2.63. The molecule has 8 heteroatoms. The summed E-state index contributed by atoms with van der Waals surface area (Å²) in [4.78, 5) is 35.2. The molecule has 3 amide bonds. The maximum absolute atomic E-state index is 13.6. The first-order chi connectivity index (χ1) is 9.82. The minimum absolute atomic E-state index is 0.0553. The van der Waals surface area contributed by atoms with Crippen molar-refractivity contribution in [3.63, 3.8) is 0 Å². The lowest BCUT2D eigenvalue weighted by Gasteiger charge is -2.12. The third kappa shape index (κ3) is 4.75. The van der Waals surface area contributed by atoms with E-state index in [1.807, 2.05) is 0 Å². The predicted octanol–water partition coefficient (Wildman–Crippen LogP) is 1.12. The van der Waals surface area contributed by atoms with Gasteiger partial charge in [0.15, 0.2) is 0 Å². The molecule has 0 heterocycles. The van der Waals surface area contributed by atoms with E-state index < -0.39 is 23.5 Å². The molecular formula is C13H16FN3O4. The number of para-hydroxylation sites is 1. The molecule has 0 aromatic heterocycles. The van der Waals surface area contributed by atoms with E-state index in [0.717, 1.165) is 6.07 Å². The number of hydrogen-bond acceptors (Lipinski definition) is 3. The molecule has 0 spiro atoms. The van der Waals surface area contributed by atoms with Crippen molar-refractivity contribution in [2.45, 2.75) is 6.42 Å². The molecule has 0 aliphatic carbocycles. The minimum Gasteiger partial charge on any atom is -0.478 e. The van der Waals surface area contributed by atoms with Crippen molar-refractivity contribution in [3.05, 3.63) is 29.6 Å². The number of carbonyl (C=O) groups is 3. The number of urea groups is 1. The van der Waals surface area contributed by atoms with E-state index in [2.05, 4.69) is 10.6 Å². The van der Waals surface area contributed by atoms with Crippen LogP contribution in [0.1, 0.15) is 16.8 Å². The number of anilines is 1. The van der Waals surface area contributed by atoms with Gasteiger partial charge in [0.25, 0.3) is 0 Å². The minimum atomic E-state index is -1.35. The second-order valence-corrected chi connectivity index (χ2v) is 4.39. The highest BCUT2D eigenvalue weighted by Gasteiger charge is 2.16. The number of carbonyl (C=O) groups excluding carboxylic acids is 2. The fourth-order valence-corrected chi connectivity index (χ4v) is 1.49. The summed E-state index contributed by atoms with van der Waals surface area (Å²) in [6.45, 7) is 0.0553. The zero-order valence-corrected chi connectivity index (χ0v) is 11.6. The molecular weight excluding hydrogens is 281 g/mol. The van der Waals surface area contributed by atoms with Crippen molar-refractivity contribution in [2.75, 3.05) is 26.0 Å². The molecule has 0 fully saturated rings. The summed E-state index contributed by atoms with van der Waals surface area (Å²) < 4.78 is 13.6. The van der Waals surface area contributed by atoms with Gasteiger partial charge in [-0.25, -0.2) is 14.0 Å². The fourth-order valence-electron chi connectivity index (χ4n) is 1.49. The van der Waals surface area contributed by atoms with Gasteiger partial charge in [-0.2, -0.15) is 0 Å². The number of aromatic carboxylic acids is 1. The molecule has 1 aromatic rings. The maximum Gasteiger partial charge on any atom is 0.337 e. The van der Waals surface area contributed by atoms with Crippen molar-refractivity contribution in [1.82, 2.24) is 10.2 Å². The number of hydrogen-bond donors (Lipinski definition) is 3. The van der Waals surface area contributed by atoms with Crippen LogP contribution in [0.5, 0.6) is 0 Å². The Labute approximate surface area is 120 Å². The monoisotopic (exact) mass is 297 g/mol. The Morgan fingerprint density at radius 2 is 1.95 bits per heavy atom. The van der Waals surface area contributed by atoms with Crippen LogP contribution in [0.2, 0.25) is 0 Å². The molecule has 0 aliphatic rings. The number of rotatable bonds is 5. The van der Waals surface area contributed by atoms with Crippen molar-refractivity contribution in [2.24, 2.45) is 0 Å². The lowest BCUT2D eigenvalue weighted by molar-refractivity contribution is -0.128. The summed E-state index contributed by atoms with van der Waals surface area (Å²) in [6.07, 6.45) is 0.0868. The first-order valence-corrected chi connectivity index (χ1v) is 6.09. The van der Waals surface area contributed by atoms with Gasteiger partial charge in [-0.3, -0.25) is 4.79 Å². The van der Waals surface area contributed by atoms with Gasteiger partial charge in [0.1, 0.15) is 5.82 Å². The number of carboxylic acid groups (broad SMARTS) is 1. The third-order valence-corrected chi connectivity index (χ3v) is 2.61. The van der Waals surface area contributed by atoms with Gasteiger partial charge < -0.3 is 20.6 Å². The fraction of sp³-hybridized carbons (Fsp3) is 0.308. The smallest absolute Gasteiger partial charge is 0.337 e. The van der Waals surface area contributed by atoms with E-state index >= 15 is 0 Å². The Morgan fingerprint density at radius 1 is 1.29 bits per heavy atom. The van der Waals surface area contributed by atoms with Gasteiger partial charge in [0.05, 0.1) is 11.3 Å². The van der Waals surface area contributed by atoms with E-state index in [1.165, 1.54) is 17.0 Å². The normalized spacial score (nSPS) is 9.86. The van der Waals surface area contributed by atoms with Gasteiger partial charge in [-0.05, 0) is 12.1 Å². The number of halogens is 1. The van der Waals surface area contributed by atoms with E-state index in [1.54, 1.807) is 14.1 Å². The zero-order valence-electron chi connectivity index (χ0n) is 11.6. The van der Waals surface area contributed by atoms with E-state index in [4.69, 9.17) is 5.11 Å². The maximum atomic E-state index is 13.6. The molecule has 0 saturated heterocycles. The van der Waals surface area contributed by atoms with Crippen LogP contribution < -0.4 is 10.6 Å². The molecule has 1 aromatic carbocycles.